The van der Waals surface area contributed by atoms with Crippen LogP contribution >= 0.6 is 0 Å². The molecule has 0 bridgehead atoms. The summed E-state index contributed by atoms with van der Waals surface area (Å²) in [5.41, 5.74) is 0.678. The Morgan fingerprint density at radius 1 is 1.39 bits per heavy atom. The van der Waals surface area contributed by atoms with Gasteiger partial charge in [-0.1, -0.05) is 0 Å². The molecule has 18 heavy (non-hydrogen) atoms. The average molecular weight is 248 g/mol. The lowest BCUT2D eigenvalue weighted by Gasteiger charge is -2.10. The van der Waals surface area contributed by atoms with Crippen LogP contribution in [0, 0.1) is 10.1 Å². The second-order valence-electron chi connectivity index (χ2n) is 4.24. The van der Waals surface area contributed by atoms with Crippen LogP contribution in [0.3, 0.4) is 0 Å². The first-order chi connectivity index (χ1) is 8.70. The molecule has 0 atom stereocenters. The van der Waals surface area contributed by atoms with E-state index in [4.69, 9.17) is 4.74 Å². The van der Waals surface area contributed by atoms with Crippen molar-refractivity contribution in [1.29, 1.82) is 0 Å². The van der Waals surface area contributed by atoms with E-state index >= 15 is 0 Å². The van der Waals surface area contributed by atoms with Gasteiger partial charge in [-0.15, -0.1) is 0 Å². The van der Waals surface area contributed by atoms with Crippen LogP contribution in [0.4, 0.5) is 5.69 Å². The largest absolute Gasteiger partial charge is 0.497 e. The first kappa shape index (κ1) is 12.4. The van der Waals surface area contributed by atoms with Crippen molar-refractivity contribution in [2.24, 2.45) is 0 Å². The second kappa shape index (κ2) is 5.53. The van der Waals surface area contributed by atoms with Crippen LogP contribution in [0.15, 0.2) is 24.4 Å². The van der Waals surface area contributed by atoms with Crippen LogP contribution in [-0.4, -0.2) is 30.0 Å². The third-order valence-electron chi connectivity index (χ3n) is 3.04. The highest BCUT2D eigenvalue weighted by atomic mass is 16.6. The Morgan fingerprint density at radius 2 is 2.11 bits per heavy atom. The molecule has 0 aromatic heterocycles. The number of ether oxygens (including phenoxy) is 1. The number of nitrogens with zero attached hydrogens (tertiary/aromatic N) is 2. The molecule has 5 heteroatoms. The quantitative estimate of drug-likeness (QED) is 0.607. The predicted molar refractivity (Wildman–Crippen MR) is 69.5 cm³/mol. The van der Waals surface area contributed by atoms with Gasteiger partial charge in [-0.25, -0.2) is 0 Å². The maximum absolute atomic E-state index is 10.9. The Balaban J connectivity index is 2.25. The van der Waals surface area contributed by atoms with Gasteiger partial charge in [0, 0.05) is 19.2 Å². The summed E-state index contributed by atoms with van der Waals surface area (Å²) in [6, 6.07) is 4.76. The highest BCUT2D eigenvalue weighted by Gasteiger charge is 2.13. The van der Waals surface area contributed by atoms with Gasteiger partial charge < -0.3 is 9.64 Å². The molecule has 5 nitrogen and oxygen atoms in total. The first-order valence-corrected chi connectivity index (χ1v) is 5.95. The summed E-state index contributed by atoms with van der Waals surface area (Å²) in [5.74, 6) is 0.627. The minimum Gasteiger partial charge on any atom is -0.497 e. The molecule has 1 aliphatic rings. The third kappa shape index (κ3) is 2.80. The summed E-state index contributed by atoms with van der Waals surface area (Å²) in [6.07, 6.45) is 6.08. The van der Waals surface area contributed by atoms with Gasteiger partial charge in [0.1, 0.15) is 5.75 Å². The molecule has 2 rings (SSSR count). The number of hydrogen-bond donors (Lipinski definition) is 0. The van der Waals surface area contributed by atoms with E-state index < -0.39 is 0 Å². The summed E-state index contributed by atoms with van der Waals surface area (Å²) in [5, 5.41) is 10.9. The highest BCUT2D eigenvalue weighted by Crippen LogP contribution is 2.25. The van der Waals surface area contributed by atoms with Gasteiger partial charge >= 0.3 is 0 Å². The van der Waals surface area contributed by atoms with Gasteiger partial charge in [0.2, 0.25) is 0 Å². The zero-order valence-corrected chi connectivity index (χ0v) is 10.3. The van der Waals surface area contributed by atoms with Gasteiger partial charge in [0.05, 0.1) is 17.6 Å². The van der Waals surface area contributed by atoms with Crippen LogP contribution in [0.2, 0.25) is 0 Å². The van der Waals surface area contributed by atoms with Crippen molar-refractivity contribution >= 4 is 11.8 Å². The van der Waals surface area contributed by atoms with Crippen LogP contribution in [-0.2, 0) is 0 Å². The predicted octanol–water partition coefficient (Wildman–Crippen LogP) is 2.67. The minimum atomic E-state index is -0.372. The summed E-state index contributed by atoms with van der Waals surface area (Å²) < 4.78 is 5.09. The van der Waals surface area contributed by atoms with Gasteiger partial charge in [0.25, 0.3) is 5.69 Å². The minimum absolute atomic E-state index is 0.103. The molecule has 0 aliphatic carbocycles. The van der Waals surface area contributed by atoms with Crippen molar-refractivity contribution in [3.63, 3.8) is 0 Å². The van der Waals surface area contributed by atoms with E-state index in [1.165, 1.54) is 18.9 Å². The highest BCUT2D eigenvalue weighted by molar-refractivity contribution is 5.62. The molecule has 0 radical (unpaired) electrons. The Labute approximate surface area is 106 Å². The van der Waals surface area contributed by atoms with Crippen molar-refractivity contribution in [2.75, 3.05) is 20.2 Å². The van der Waals surface area contributed by atoms with E-state index in [9.17, 15) is 10.1 Å². The van der Waals surface area contributed by atoms with Gasteiger partial charge in [-0.3, -0.25) is 10.1 Å². The lowest BCUT2D eigenvalue weighted by atomic mass is 10.1. The van der Waals surface area contributed by atoms with Gasteiger partial charge in [-0.05, 0) is 37.3 Å². The number of hydrogen-bond acceptors (Lipinski definition) is 4. The fourth-order valence-electron chi connectivity index (χ4n) is 2.04. The number of nitro benzene ring substituents is 1. The third-order valence-corrected chi connectivity index (χ3v) is 3.04. The molecule has 1 saturated heterocycles. The Bertz CT molecular complexity index is 465. The van der Waals surface area contributed by atoms with Crippen molar-refractivity contribution in [2.45, 2.75) is 12.8 Å². The van der Waals surface area contributed by atoms with Crippen LogP contribution in [0.5, 0.6) is 5.75 Å². The molecule has 0 unspecified atom stereocenters. The molecule has 1 aromatic carbocycles. The first-order valence-electron chi connectivity index (χ1n) is 5.95. The van der Waals surface area contributed by atoms with Crippen molar-refractivity contribution < 1.29 is 9.66 Å². The monoisotopic (exact) mass is 248 g/mol. The molecule has 96 valence electrons. The van der Waals surface area contributed by atoms with Crippen LogP contribution in [0.1, 0.15) is 18.4 Å². The Kier molecular flexibility index (Phi) is 3.82. The van der Waals surface area contributed by atoms with E-state index in [-0.39, 0.29) is 10.6 Å². The lowest BCUT2D eigenvalue weighted by molar-refractivity contribution is -0.385. The van der Waals surface area contributed by atoms with E-state index in [2.05, 4.69) is 4.90 Å². The van der Waals surface area contributed by atoms with E-state index in [0.29, 0.717) is 11.3 Å². The molecule has 0 spiro atoms. The Morgan fingerprint density at radius 3 is 2.72 bits per heavy atom. The maximum atomic E-state index is 10.9. The summed E-state index contributed by atoms with van der Waals surface area (Å²) in [6.45, 7) is 2.04. The molecular formula is C13H16N2O3. The SMILES string of the molecule is COc1ccc([N+](=O)[O-])c(/C=C/N2CCCC2)c1. The molecule has 1 fully saturated rings. The molecule has 0 saturated carbocycles. The normalized spacial score (nSPS) is 15.3. The number of methoxy groups -OCH3 is 1. The molecule has 0 amide bonds. The van der Waals surface area contributed by atoms with Crippen molar-refractivity contribution in [1.82, 2.24) is 4.90 Å². The van der Waals surface area contributed by atoms with Crippen molar-refractivity contribution in [3.8, 4) is 5.75 Å². The number of likely N-dealkylation sites (tertiary alicyclic amines) is 1. The van der Waals surface area contributed by atoms with Gasteiger partial charge in [-0.2, -0.15) is 0 Å². The standard InChI is InChI=1S/C13H16N2O3/c1-18-12-4-5-13(15(16)17)11(10-12)6-9-14-7-2-3-8-14/h4-6,9-10H,2-3,7-8H2,1H3/b9-6+. The lowest BCUT2D eigenvalue weighted by Crippen LogP contribution is -2.10. The topological polar surface area (TPSA) is 55.6 Å². The molecule has 0 N–H and O–H groups in total. The van der Waals surface area contributed by atoms with Gasteiger partial charge in [0.15, 0.2) is 0 Å². The maximum Gasteiger partial charge on any atom is 0.276 e. The summed E-state index contributed by atoms with van der Waals surface area (Å²) >= 11 is 0. The van der Waals surface area contributed by atoms with E-state index in [1.807, 2.05) is 6.20 Å². The van der Waals surface area contributed by atoms with Crippen LogP contribution in [0.25, 0.3) is 6.08 Å². The smallest absolute Gasteiger partial charge is 0.276 e. The Hall–Kier alpha value is -2.04. The van der Waals surface area contributed by atoms with Crippen LogP contribution < -0.4 is 4.74 Å². The fraction of sp³-hybridized carbons (Fsp3) is 0.385. The zero-order chi connectivity index (χ0) is 13.0. The van der Waals surface area contributed by atoms with E-state index in [0.717, 1.165) is 13.1 Å². The molecule has 1 heterocycles. The zero-order valence-electron chi connectivity index (χ0n) is 10.3. The summed E-state index contributed by atoms with van der Waals surface area (Å²) in [4.78, 5) is 12.7. The fourth-order valence-corrected chi connectivity index (χ4v) is 2.04. The number of nitro groups is 1. The van der Waals surface area contributed by atoms with Crippen molar-refractivity contribution in [3.05, 3.63) is 40.1 Å². The average Bonchev–Trinajstić information content (AvgIpc) is 2.88. The molecule has 1 aliphatic heterocycles. The molecule has 1 aromatic rings. The van der Waals surface area contributed by atoms with E-state index in [1.54, 1.807) is 25.3 Å². The summed E-state index contributed by atoms with van der Waals surface area (Å²) in [7, 11) is 1.55. The second-order valence-corrected chi connectivity index (χ2v) is 4.24. The number of benzene rings is 1. The number of rotatable bonds is 4. The molecular weight excluding hydrogens is 232 g/mol.